The van der Waals surface area contributed by atoms with Crippen molar-refractivity contribution in [1.29, 1.82) is 0 Å². The number of ether oxygens (including phenoxy) is 1. The first-order valence-electron chi connectivity index (χ1n) is 4.25. The SMILES string of the molecule is C#CCOC(CI)c1c(Cl)cccc1Cl. The number of benzene rings is 1. The molecule has 15 heavy (non-hydrogen) atoms. The lowest BCUT2D eigenvalue weighted by Gasteiger charge is -2.16. The third-order valence-electron chi connectivity index (χ3n) is 1.83. The summed E-state index contributed by atoms with van der Waals surface area (Å²) in [4.78, 5) is 0. The summed E-state index contributed by atoms with van der Waals surface area (Å²) in [5.74, 6) is 2.43. The second-order valence-corrected chi connectivity index (χ2v) is 4.49. The Morgan fingerprint density at radius 3 is 2.47 bits per heavy atom. The summed E-state index contributed by atoms with van der Waals surface area (Å²) in [5.41, 5.74) is 0.811. The van der Waals surface area contributed by atoms with E-state index in [0.29, 0.717) is 10.0 Å². The van der Waals surface area contributed by atoms with Crippen LogP contribution in [0.25, 0.3) is 0 Å². The van der Waals surface area contributed by atoms with Crippen LogP contribution in [0.2, 0.25) is 10.0 Å². The summed E-state index contributed by atoms with van der Waals surface area (Å²) in [6, 6.07) is 5.39. The highest BCUT2D eigenvalue weighted by Gasteiger charge is 2.17. The molecule has 0 N–H and O–H groups in total. The Balaban J connectivity index is 2.96. The molecule has 0 spiro atoms. The van der Waals surface area contributed by atoms with E-state index in [2.05, 4.69) is 28.5 Å². The van der Waals surface area contributed by atoms with Crippen molar-refractivity contribution in [2.24, 2.45) is 0 Å². The van der Waals surface area contributed by atoms with Crippen LogP contribution in [0, 0.1) is 12.3 Å². The average Bonchev–Trinajstić information content (AvgIpc) is 2.22. The molecule has 0 amide bonds. The molecule has 0 radical (unpaired) electrons. The van der Waals surface area contributed by atoms with Gasteiger partial charge in [-0.3, -0.25) is 0 Å². The number of rotatable bonds is 4. The van der Waals surface area contributed by atoms with Crippen LogP contribution >= 0.6 is 45.8 Å². The van der Waals surface area contributed by atoms with Crippen molar-refractivity contribution in [1.82, 2.24) is 0 Å². The lowest BCUT2D eigenvalue weighted by atomic mass is 10.1. The number of hydrogen-bond acceptors (Lipinski definition) is 1. The first-order chi connectivity index (χ1) is 7.20. The maximum Gasteiger partial charge on any atom is 0.108 e. The molecule has 1 aromatic carbocycles. The zero-order valence-electron chi connectivity index (χ0n) is 7.84. The molecule has 80 valence electrons. The van der Waals surface area contributed by atoms with Crippen LogP contribution in [-0.4, -0.2) is 11.0 Å². The molecule has 0 bridgehead atoms. The molecule has 1 nitrogen and oxygen atoms in total. The van der Waals surface area contributed by atoms with Gasteiger partial charge in [0.2, 0.25) is 0 Å². The molecule has 0 aliphatic heterocycles. The molecule has 0 saturated heterocycles. The van der Waals surface area contributed by atoms with E-state index in [1.54, 1.807) is 18.2 Å². The third-order valence-corrected chi connectivity index (χ3v) is 3.29. The predicted octanol–water partition coefficient (Wildman–Crippen LogP) is 4.12. The Morgan fingerprint density at radius 2 is 2.00 bits per heavy atom. The van der Waals surface area contributed by atoms with Crippen molar-refractivity contribution >= 4 is 45.8 Å². The smallest absolute Gasteiger partial charge is 0.108 e. The maximum atomic E-state index is 6.06. The van der Waals surface area contributed by atoms with Crippen molar-refractivity contribution in [2.75, 3.05) is 11.0 Å². The van der Waals surface area contributed by atoms with Gasteiger partial charge in [0.1, 0.15) is 6.61 Å². The van der Waals surface area contributed by atoms with E-state index >= 15 is 0 Å². The van der Waals surface area contributed by atoms with E-state index in [-0.39, 0.29) is 12.7 Å². The lowest BCUT2D eigenvalue weighted by Crippen LogP contribution is -2.07. The molecule has 0 fully saturated rings. The molecule has 0 aromatic heterocycles. The fraction of sp³-hybridized carbons (Fsp3) is 0.273. The molecule has 0 saturated carbocycles. The highest BCUT2D eigenvalue weighted by Crippen LogP contribution is 2.33. The van der Waals surface area contributed by atoms with Crippen LogP contribution in [0.3, 0.4) is 0 Å². The Kier molecular flexibility index (Phi) is 5.77. The van der Waals surface area contributed by atoms with Gasteiger partial charge in [0.05, 0.1) is 6.10 Å². The van der Waals surface area contributed by atoms with Gasteiger partial charge < -0.3 is 4.74 Å². The van der Waals surface area contributed by atoms with Gasteiger partial charge in [-0.2, -0.15) is 0 Å². The number of terminal acetylenes is 1. The Morgan fingerprint density at radius 1 is 1.40 bits per heavy atom. The van der Waals surface area contributed by atoms with Gasteiger partial charge in [0, 0.05) is 20.0 Å². The molecule has 0 aliphatic rings. The van der Waals surface area contributed by atoms with Crippen LogP contribution in [0.1, 0.15) is 11.7 Å². The van der Waals surface area contributed by atoms with Crippen LogP contribution in [0.4, 0.5) is 0 Å². The Hall–Kier alpha value is 0.0500. The van der Waals surface area contributed by atoms with Gasteiger partial charge in [-0.25, -0.2) is 0 Å². The normalized spacial score (nSPS) is 12.1. The molecule has 1 aromatic rings. The van der Waals surface area contributed by atoms with E-state index in [1.807, 2.05) is 0 Å². The molecule has 0 heterocycles. The first-order valence-corrected chi connectivity index (χ1v) is 6.53. The minimum atomic E-state index is -0.150. The highest BCUT2D eigenvalue weighted by molar-refractivity contribution is 14.1. The zero-order valence-corrected chi connectivity index (χ0v) is 11.5. The van der Waals surface area contributed by atoms with E-state index in [1.165, 1.54) is 0 Å². The number of halogens is 3. The second kappa shape index (κ2) is 6.59. The van der Waals surface area contributed by atoms with Gasteiger partial charge in [0.25, 0.3) is 0 Å². The second-order valence-electron chi connectivity index (χ2n) is 2.79. The fourth-order valence-electron chi connectivity index (χ4n) is 1.17. The molecule has 1 rings (SSSR count). The minimum Gasteiger partial charge on any atom is -0.360 e. The monoisotopic (exact) mass is 354 g/mol. The van der Waals surface area contributed by atoms with Gasteiger partial charge in [-0.15, -0.1) is 6.42 Å². The van der Waals surface area contributed by atoms with Gasteiger partial charge in [0.15, 0.2) is 0 Å². The minimum absolute atomic E-state index is 0.150. The van der Waals surface area contributed by atoms with E-state index in [0.717, 1.165) is 9.99 Å². The van der Waals surface area contributed by atoms with E-state index < -0.39 is 0 Å². The summed E-state index contributed by atoms with van der Waals surface area (Å²) >= 11 is 14.3. The average molecular weight is 355 g/mol. The van der Waals surface area contributed by atoms with Crippen LogP contribution in [0.5, 0.6) is 0 Å². The predicted molar refractivity (Wildman–Crippen MR) is 72.9 cm³/mol. The van der Waals surface area contributed by atoms with Gasteiger partial charge in [-0.1, -0.05) is 57.8 Å². The van der Waals surface area contributed by atoms with Crippen molar-refractivity contribution in [3.63, 3.8) is 0 Å². The molecule has 0 aliphatic carbocycles. The van der Waals surface area contributed by atoms with Crippen molar-refractivity contribution in [3.05, 3.63) is 33.8 Å². The van der Waals surface area contributed by atoms with E-state index in [4.69, 9.17) is 34.4 Å². The highest BCUT2D eigenvalue weighted by atomic mass is 127. The van der Waals surface area contributed by atoms with Gasteiger partial charge in [-0.05, 0) is 12.1 Å². The standard InChI is InChI=1S/C11H9Cl2IO/c1-2-6-15-10(7-14)11-8(12)4-3-5-9(11)13/h1,3-5,10H,6-7H2. The topological polar surface area (TPSA) is 9.23 Å². The summed E-state index contributed by atoms with van der Waals surface area (Å²) in [5, 5.41) is 1.22. The van der Waals surface area contributed by atoms with Crippen molar-refractivity contribution in [3.8, 4) is 12.3 Å². The molecule has 1 atom stereocenters. The maximum absolute atomic E-state index is 6.06. The summed E-state index contributed by atoms with van der Waals surface area (Å²) in [7, 11) is 0. The summed E-state index contributed by atoms with van der Waals surface area (Å²) < 4.78 is 6.23. The van der Waals surface area contributed by atoms with Crippen molar-refractivity contribution in [2.45, 2.75) is 6.10 Å². The van der Waals surface area contributed by atoms with Crippen molar-refractivity contribution < 1.29 is 4.74 Å². The quantitative estimate of drug-likeness (QED) is 0.449. The van der Waals surface area contributed by atoms with Crippen LogP contribution in [-0.2, 0) is 4.74 Å². The first kappa shape index (κ1) is 13.1. The summed E-state index contributed by atoms with van der Waals surface area (Å²) in [6.45, 7) is 0.259. The molecular formula is C11H9Cl2IO. The number of alkyl halides is 1. The molecular weight excluding hydrogens is 346 g/mol. The Bertz CT molecular complexity index is 353. The summed E-state index contributed by atoms with van der Waals surface area (Å²) in [6.07, 6.45) is 4.99. The lowest BCUT2D eigenvalue weighted by molar-refractivity contribution is 0.0986. The van der Waals surface area contributed by atoms with E-state index in [9.17, 15) is 0 Å². The number of hydrogen-bond donors (Lipinski definition) is 0. The van der Waals surface area contributed by atoms with Gasteiger partial charge >= 0.3 is 0 Å². The Labute approximate surface area is 113 Å². The van der Waals surface area contributed by atoms with Crippen LogP contribution in [0.15, 0.2) is 18.2 Å². The molecule has 4 heteroatoms. The fourth-order valence-corrected chi connectivity index (χ4v) is 2.51. The van der Waals surface area contributed by atoms with Crippen LogP contribution < -0.4 is 0 Å². The third kappa shape index (κ3) is 3.53. The largest absolute Gasteiger partial charge is 0.360 e. The molecule has 1 unspecified atom stereocenters. The zero-order chi connectivity index (χ0) is 11.3.